The highest BCUT2D eigenvalue weighted by Crippen LogP contribution is 2.20. The molecule has 0 aliphatic carbocycles. The maximum atomic E-state index is 11.5. The van der Waals surface area contributed by atoms with Crippen LogP contribution in [0.2, 0.25) is 4.34 Å². The first-order valence-corrected chi connectivity index (χ1v) is 5.86. The largest absolute Gasteiger partial charge is 0.314 e. The average molecular weight is 268 g/mol. The van der Waals surface area contributed by atoms with E-state index in [1.54, 1.807) is 11.4 Å². The summed E-state index contributed by atoms with van der Waals surface area (Å²) in [5.41, 5.74) is 0.727. The second-order valence-electron chi connectivity index (χ2n) is 3.42. The topological polar surface area (TPSA) is 29.1 Å². The molecule has 1 rings (SSSR count). The molecule has 0 aliphatic heterocycles. The fraction of sp³-hybridized carbons (Fsp3) is 0.500. The lowest BCUT2D eigenvalue weighted by Gasteiger charge is -2.05. The van der Waals surface area contributed by atoms with Gasteiger partial charge in [-0.15, -0.1) is 23.7 Å². The van der Waals surface area contributed by atoms with Crippen molar-refractivity contribution in [3.8, 4) is 0 Å². The third kappa shape index (κ3) is 5.52. The Bertz CT molecular complexity index is 312. The second-order valence-corrected chi connectivity index (χ2v) is 4.96. The van der Waals surface area contributed by atoms with Crippen LogP contribution in [0.15, 0.2) is 11.4 Å². The third-order valence-electron chi connectivity index (χ3n) is 1.79. The average Bonchev–Trinajstić information content (AvgIpc) is 2.51. The van der Waals surface area contributed by atoms with Crippen molar-refractivity contribution in [3.63, 3.8) is 0 Å². The van der Waals surface area contributed by atoms with Gasteiger partial charge >= 0.3 is 0 Å². The Hall–Kier alpha value is -0.0900. The molecule has 0 amide bonds. The standard InChI is InChI=1S/C10H14ClNOS.ClH/c1-7(2)12-4-3-9(13)8-5-10(11)14-6-8;/h5-7,12H,3-4H2,1-2H3;1H. The predicted molar refractivity (Wildman–Crippen MR) is 68.7 cm³/mol. The number of hydrogen-bond donors (Lipinski definition) is 1. The van der Waals surface area contributed by atoms with Crippen LogP contribution in [0.1, 0.15) is 30.6 Å². The number of ketones is 1. The van der Waals surface area contributed by atoms with Crippen LogP contribution >= 0.6 is 35.3 Å². The van der Waals surface area contributed by atoms with Gasteiger partial charge in [0.1, 0.15) is 0 Å². The molecule has 0 spiro atoms. The molecule has 86 valence electrons. The Kier molecular flexibility index (Phi) is 7.18. The number of Topliss-reactive ketones (excluding diaryl/α,β-unsaturated/α-hetero) is 1. The Morgan fingerprint density at radius 3 is 2.73 bits per heavy atom. The van der Waals surface area contributed by atoms with Gasteiger partial charge in [0, 0.05) is 30.0 Å². The normalized spacial score (nSPS) is 10.1. The minimum Gasteiger partial charge on any atom is -0.314 e. The molecule has 5 heteroatoms. The summed E-state index contributed by atoms with van der Waals surface area (Å²) in [5.74, 6) is 0.154. The lowest BCUT2D eigenvalue weighted by molar-refractivity contribution is 0.0982. The SMILES string of the molecule is CC(C)NCCC(=O)c1csc(Cl)c1.Cl. The summed E-state index contributed by atoms with van der Waals surface area (Å²) in [5, 5.41) is 5.01. The quantitative estimate of drug-likeness (QED) is 0.829. The number of thiophene rings is 1. The molecule has 1 N–H and O–H groups in total. The van der Waals surface area contributed by atoms with Crippen molar-refractivity contribution in [3.05, 3.63) is 21.3 Å². The van der Waals surface area contributed by atoms with Crippen molar-refractivity contribution in [2.75, 3.05) is 6.54 Å². The van der Waals surface area contributed by atoms with Gasteiger partial charge in [-0.25, -0.2) is 0 Å². The number of nitrogens with one attached hydrogen (secondary N) is 1. The Balaban J connectivity index is 0.00000196. The molecular formula is C10H15Cl2NOS. The molecule has 0 atom stereocenters. The summed E-state index contributed by atoms with van der Waals surface area (Å²) in [6, 6.07) is 2.15. The summed E-state index contributed by atoms with van der Waals surface area (Å²) in [6.07, 6.45) is 0.533. The summed E-state index contributed by atoms with van der Waals surface area (Å²) in [4.78, 5) is 11.5. The number of rotatable bonds is 5. The van der Waals surface area contributed by atoms with Crippen molar-refractivity contribution in [2.24, 2.45) is 0 Å². The second kappa shape index (κ2) is 7.23. The van der Waals surface area contributed by atoms with Crippen LogP contribution in [0.5, 0.6) is 0 Å². The smallest absolute Gasteiger partial charge is 0.165 e. The molecule has 1 heterocycles. The monoisotopic (exact) mass is 267 g/mol. The van der Waals surface area contributed by atoms with Crippen LogP contribution in [-0.2, 0) is 0 Å². The van der Waals surface area contributed by atoms with Crippen molar-refractivity contribution >= 4 is 41.1 Å². The van der Waals surface area contributed by atoms with E-state index in [0.717, 1.165) is 12.1 Å². The van der Waals surface area contributed by atoms with Crippen LogP contribution in [0.25, 0.3) is 0 Å². The zero-order chi connectivity index (χ0) is 10.6. The number of carbonyl (C=O) groups excluding carboxylic acids is 1. The number of halogens is 2. The van der Waals surface area contributed by atoms with E-state index in [0.29, 0.717) is 16.8 Å². The highest BCUT2D eigenvalue weighted by Gasteiger charge is 2.07. The molecule has 0 bridgehead atoms. The van der Waals surface area contributed by atoms with Crippen LogP contribution in [0.4, 0.5) is 0 Å². The van der Waals surface area contributed by atoms with Crippen LogP contribution in [-0.4, -0.2) is 18.4 Å². The van der Waals surface area contributed by atoms with Gasteiger partial charge in [-0.05, 0) is 6.07 Å². The van der Waals surface area contributed by atoms with Crippen LogP contribution < -0.4 is 5.32 Å². The minimum absolute atomic E-state index is 0. The van der Waals surface area contributed by atoms with E-state index in [-0.39, 0.29) is 18.2 Å². The van der Waals surface area contributed by atoms with Crippen LogP contribution in [0, 0.1) is 0 Å². The van der Waals surface area contributed by atoms with E-state index < -0.39 is 0 Å². The first kappa shape index (κ1) is 14.9. The van der Waals surface area contributed by atoms with Gasteiger partial charge in [0.25, 0.3) is 0 Å². The first-order chi connectivity index (χ1) is 6.59. The van der Waals surface area contributed by atoms with Crippen molar-refractivity contribution in [1.29, 1.82) is 0 Å². The molecule has 0 aromatic carbocycles. The number of carbonyl (C=O) groups is 1. The van der Waals surface area contributed by atoms with Gasteiger partial charge in [0.05, 0.1) is 4.34 Å². The van der Waals surface area contributed by atoms with E-state index >= 15 is 0 Å². The van der Waals surface area contributed by atoms with Gasteiger partial charge in [0.2, 0.25) is 0 Å². The minimum atomic E-state index is 0. The van der Waals surface area contributed by atoms with Crippen molar-refractivity contribution in [2.45, 2.75) is 26.3 Å². The lowest BCUT2D eigenvalue weighted by atomic mass is 10.1. The predicted octanol–water partition coefficient (Wildman–Crippen LogP) is 3.39. The summed E-state index contributed by atoms with van der Waals surface area (Å²) < 4.78 is 0.671. The molecule has 0 aliphatic rings. The maximum absolute atomic E-state index is 11.5. The van der Waals surface area contributed by atoms with Gasteiger partial charge < -0.3 is 5.32 Å². The fourth-order valence-electron chi connectivity index (χ4n) is 1.08. The molecule has 0 unspecified atom stereocenters. The highest BCUT2D eigenvalue weighted by atomic mass is 35.5. The molecule has 15 heavy (non-hydrogen) atoms. The van der Waals surface area contributed by atoms with Crippen molar-refractivity contribution in [1.82, 2.24) is 5.32 Å². The van der Waals surface area contributed by atoms with Gasteiger partial charge in [-0.1, -0.05) is 25.4 Å². The Labute approximate surface area is 105 Å². The van der Waals surface area contributed by atoms with E-state index in [1.165, 1.54) is 11.3 Å². The zero-order valence-corrected chi connectivity index (χ0v) is 11.1. The number of hydrogen-bond acceptors (Lipinski definition) is 3. The summed E-state index contributed by atoms with van der Waals surface area (Å²) >= 11 is 7.14. The molecule has 1 aromatic heterocycles. The molecule has 0 radical (unpaired) electrons. The summed E-state index contributed by atoms with van der Waals surface area (Å²) in [7, 11) is 0. The van der Waals surface area contributed by atoms with Crippen molar-refractivity contribution < 1.29 is 4.79 Å². The van der Waals surface area contributed by atoms with Crippen LogP contribution in [0.3, 0.4) is 0 Å². The molecule has 1 aromatic rings. The first-order valence-electron chi connectivity index (χ1n) is 4.60. The lowest BCUT2D eigenvalue weighted by Crippen LogP contribution is -2.25. The van der Waals surface area contributed by atoms with E-state index in [1.807, 2.05) is 0 Å². The molecular weight excluding hydrogens is 253 g/mol. The van der Waals surface area contributed by atoms with E-state index in [9.17, 15) is 4.79 Å². The molecule has 0 saturated heterocycles. The highest BCUT2D eigenvalue weighted by molar-refractivity contribution is 7.14. The van der Waals surface area contributed by atoms with Gasteiger partial charge in [-0.3, -0.25) is 4.79 Å². The maximum Gasteiger partial charge on any atom is 0.165 e. The Morgan fingerprint density at radius 1 is 1.60 bits per heavy atom. The van der Waals surface area contributed by atoms with E-state index in [2.05, 4.69) is 19.2 Å². The fourth-order valence-corrected chi connectivity index (χ4v) is 1.96. The van der Waals surface area contributed by atoms with Gasteiger partial charge in [-0.2, -0.15) is 0 Å². The molecule has 0 fully saturated rings. The third-order valence-corrected chi connectivity index (χ3v) is 2.89. The van der Waals surface area contributed by atoms with Gasteiger partial charge in [0.15, 0.2) is 5.78 Å². The zero-order valence-electron chi connectivity index (χ0n) is 8.75. The Morgan fingerprint density at radius 2 is 2.27 bits per heavy atom. The summed E-state index contributed by atoms with van der Waals surface area (Å²) in [6.45, 7) is 4.85. The molecule has 2 nitrogen and oxygen atoms in total. The molecule has 0 saturated carbocycles. The van der Waals surface area contributed by atoms with E-state index in [4.69, 9.17) is 11.6 Å².